The van der Waals surface area contributed by atoms with Crippen LogP contribution in [0.2, 0.25) is 0 Å². The molecule has 1 saturated heterocycles. The number of H-pyrrole nitrogens is 1. The largest absolute Gasteiger partial charge is 0.364 e. The number of fused-ring (bicyclic) bond motifs is 1. The average molecular weight is 433 g/mol. The third kappa shape index (κ3) is 4.03. The molecule has 0 spiro atoms. The van der Waals surface area contributed by atoms with Gasteiger partial charge in [0.05, 0.1) is 5.39 Å². The molecular weight excluding hydrogens is 407 g/mol. The summed E-state index contributed by atoms with van der Waals surface area (Å²) in [5.74, 6) is 0.563. The second-order valence-corrected chi connectivity index (χ2v) is 9.76. The van der Waals surface area contributed by atoms with Crippen molar-refractivity contribution >= 4 is 27.1 Å². The third-order valence-corrected chi connectivity index (χ3v) is 7.45. The van der Waals surface area contributed by atoms with Gasteiger partial charge in [-0.1, -0.05) is 18.2 Å². The lowest BCUT2D eigenvalue weighted by Gasteiger charge is -2.32. The average Bonchev–Trinajstić information content (AvgIpc) is 3.15. The maximum absolute atomic E-state index is 13.8. The zero-order valence-electron chi connectivity index (χ0n) is 17.0. The lowest BCUT2D eigenvalue weighted by atomic mass is 9.94. The minimum Gasteiger partial charge on any atom is -0.364 e. The molecule has 0 aliphatic carbocycles. The van der Waals surface area contributed by atoms with Crippen LogP contribution >= 0.6 is 0 Å². The molecule has 1 fully saturated rings. The van der Waals surface area contributed by atoms with Crippen molar-refractivity contribution in [2.75, 3.05) is 32.5 Å². The van der Waals surface area contributed by atoms with Crippen LogP contribution in [-0.2, 0) is 16.8 Å². The van der Waals surface area contributed by atoms with Gasteiger partial charge < -0.3 is 5.32 Å². The summed E-state index contributed by atoms with van der Waals surface area (Å²) >= 11 is 0. The number of piperidine rings is 1. The fourth-order valence-electron chi connectivity index (χ4n) is 3.72. The quantitative estimate of drug-likeness (QED) is 0.625. The van der Waals surface area contributed by atoms with Gasteiger partial charge in [0.25, 0.3) is 10.2 Å². The Bertz CT molecular complexity index is 1140. The second kappa shape index (κ2) is 8.29. The number of rotatable bonds is 6. The maximum atomic E-state index is 13.8. The van der Waals surface area contributed by atoms with E-state index in [1.807, 2.05) is 12.1 Å². The molecule has 2 aromatic heterocycles. The maximum Gasteiger partial charge on any atom is 0.281 e. The Morgan fingerprint density at radius 3 is 2.63 bits per heavy atom. The van der Waals surface area contributed by atoms with Crippen LogP contribution in [0.1, 0.15) is 30.0 Å². The molecule has 10 heteroatoms. The first kappa shape index (κ1) is 20.7. The predicted octanol–water partition coefficient (Wildman–Crippen LogP) is 2.69. The highest BCUT2D eigenvalue weighted by molar-refractivity contribution is 7.86. The Kier molecular flexibility index (Phi) is 5.72. The van der Waals surface area contributed by atoms with Gasteiger partial charge in [-0.2, -0.15) is 22.1 Å². The molecule has 160 valence electrons. The summed E-state index contributed by atoms with van der Waals surface area (Å²) in [6, 6.07) is 10.5. The van der Waals surface area contributed by atoms with Crippen LogP contribution in [0.3, 0.4) is 0 Å². The number of pyridine rings is 1. The highest BCUT2D eigenvalue weighted by Crippen LogP contribution is 2.30. The van der Waals surface area contributed by atoms with E-state index in [2.05, 4.69) is 15.5 Å². The number of hydrogen-bond acceptors (Lipinski definition) is 5. The molecule has 0 saturated carbocycles. The van der Waals surface area contributed by atoms with Crippen molar-refractivity contribution in [3.63, 3.8) is 0 Å². The van der Waals surface area contributed by atoms with Gasteiger partial charge in [0.1, 0.15) is 5.82 Å². The van der Waals surface area contributed by atoms with E-state index in [1.165, 1.54) is 14.7 Å². The molecule has 30 heavy (non-hydrogen) atoms. The van der Waals surface area contributed by atoms with Crippen LogP contribution in [0, 0.1) is 5.82 Å². The van der Waals surface area contributed by atoms with Gasteiger partial charge >= 0.3 is 0 Å². The normalized spacial score (nSPS) is 16.4. The first-order valence-corrected chi connectivity index (χ1v) is 11.3. The summed E-state index contributed by atoms with van der Waals surface area (Å²) in [4.78, 5) is 4.70. The molecular formula is C20H25FN6O2S. The number of hydrogen-bond donors (Lipinski definition) is 2. The summed E-state index contributed by atoms with van der Waals surface area (Å²) in [5.41, 5.74) is 2.15. The van der Waals surface area contributed by atoms with E-state index in [9.17, 15) is 12.8 Å². The molecule has 0 radical (unpaired) electrons. The van der Waals surface area contributed by atoms with Gasteiger partial charge in [0.15, 0.2) is 11.5 Å². The Morgan fingerprint density at radius 2 is 1.93 bits per heavy atom. The molecule has 8 nitrogen and oxygen atoms in total. The van der Waals surface area contributed by atoms with Crippen LogP contribution in [0.25, 0.3) is 11.0 Å². The second-order valence-electron chi connectivity index (χ2n) is 7.61. The zero-order chi connectivity index (χ0) is 21.3. The van der Waals surface area contributed by atoms with Crippen molar-refractivity contribution in [2.45, 2.75) is 25.3 Å². The molecule has 4 rings (SSSR count). The number of benzene rings is 1. The molecule has 3 heterocycles. The lowest BCUT2D eigenvalue weighted by Crippen LogP contribution is -2.44. The monoisotopic (exact) mass is 432 g/mol. The van der Waals surface area contributed by atoms with E-state index >= 15 is 0 Å². The fraction of sp³-hybridized carbons (Fsp3) is 0.400. The van der Waals surface area contributed by atoms with Gasteiger partial charge in [-0.25, -0.2) is 9.37 Å². The Balaban J connectivity index is 1.45. The van der Waals surface area contributed by atoms with Crippen LogP contribution in [0.4, 0.5) is 10.2 Å². The number of halogens is 1. The van der Waals surface area contributed by atoms with Crippen LogP contribution in [0.15, 0.2) is 36.4 Å². The van der Waals surface area contributed by atoms with E-state index in [1.54, 1.807) is 32.3 Å². The van der Waals surface area contributed by atoms with Gasteiger partial charge in [-0.15, -0.1) is 0 Å². The van der Waals surface area contributed by atoms with Gasteiger partial charge in [0.2, 0.25) is 0 Å². The van der Waals surface area contributed by atoms with E-state index in [-0.39, 0.29) is 11.7 Å². The summed E-state index contributed by atoms with van der Waals surface area (Å²) in [6.07, 6.45) is 1.44. The van der Waals surface area contributed by atoms with Crippen molar-refractivity contribution < 1.29 is 12.8 Å². The topological polar surface area (TPSA) is 94.2 Å². The summed E-state index contributed by atoms with van der Waals surface area (Å²) in [5, 5.41) is 11.2. The molecule has 0 unspecified atom stereocenters. The van der Waals surface area contributed by atoms with Crippen molar-refractivity contribution in [1.82, 2.24) is 23.8 Å². The molecule has 2 N–H and O–H groups in total. The minimum atomic E-state index is -3.37. The number of nitrogens with zero attached hydrogens (tertiary/aromatic N) is 4. The first-order chi connectivity index (χ1) is 14.4. The fourth-order valence-corrected chi connectivity index (χ4v) is 4.85. The van der Waals surface area contributed by atoms with E-state index in [0.717, 1.165) is 23.9 Å². The molecule has 1 aromatic carbocycles. The predicted molar refractivity (Wildman–Crippen MR) is 114 cm³/mol. The van der Waals surface area contributed by atoms with Crippen LogP contribution < -0.4 is 5.32 Å². The minimum absolute atomic E-state index is 0.195. The molecule has 0 amide bonds. The molecule has 3 aromatic rings. The third-order valence-electron chi connectivity index (χ3n) is 5.51. The lowest BCUT2D eigenvalue weighted by molar-refractivity contribution is 0.300. The number of aromatic amines is 1. The Hall–Kier alpha value is -2.56. The number of nitrogens with one attached hydrogen (secondary N) is 2. The van der Waals surface area contributed by atoms with Gasteiger partial charge in [0, 0.05) is 50.9 Å². The van der Waals surface area contributed by atoms with Crippen molar-refractivity contribution in [3.05, 3.63) is 53.5 Å². The highest BCUT2D eigenvalue weighted by atomic mass is 32.2. The Labute approximate surface area is 175 Å². The van der Waals surface area contributed by atoms with E-state index in [4.69, 9.17) is 4.98 Å². The summed E-state index contributed by atoms with van der Waals surface area (Å²) < 4.78 is 41.1. The molecule has 0 bridgehead atoms. The van der Waals surface area contributed by atoms with Crippen molar-refractivity contribution in [2.24, 2.45) is 0 Å². The standard InChI is InChI=1S/C20H25FN6O2S/c1-26(2)30(28,29)27-11-9-14(10-12-27)18-8-7-16-19(24-25-20(16)23-18)22-13-15-5-3-4-6-17(15)21/h3-8,14H,9-13H2,1-2H3,(H2,22,23,24,25). The van der Waals surface area contributed by atoms with Crippen molar-refractivity contribution in [1.29, 1.82) is 0 Å². The SMILES string of the molecule is CN(C)S(=O)(=O)N1CCC(c2ccc3c(NCc4ccccc4F)n[nH]c3n2)CC1. The van der Waals surface area contributed by atoms with E-state index < -0.39 is 10.2 Å². The van der Waals surface area contributed by atoms with Crippen LogP contribution in [0.5, 0.6) is 0 Å². The van der Waals surface area contributed by atoms with Crippen LogP contribution in [-0.4, -0.2) is 59.4 Å². The number of anilines is 1. The first-order valence-electron chi connectivity index (χ1n) is 9.86. The van der Waals surface area contributed by atoms with Gasteiger partial charge in [-0.05, 0) is 31.0 Å². The molecule has 1 aliphatic heterocycles. The Morgan fingerprint density at radius 1 is 1.20 bits per heavy atom. The van der Waals surface area contributed by atoms with Gasteiger partial charge in [-0.3, -0.25) is 5.10 Å². The van der Waals surface area contributed by atoms with Crippen molar-refractivity contribution in [3.8, 4) is 0 Å². The number of aromatic nitrogens is 3. The molecule has 1 aliphatic rings. The highest BCUT2D eigenvalue weighted by Gasteiger charge is 2.30. The zero-order valence-corrected chi connectivity index (χ0v) is 17.8. The summed E-state index contributed by atoms with van der Waals surface area (Å²) in [6.45, 7) is 1.28. The molecule has 0 atom stereocenters. The smallest absolute Gasteiger partial charge is 0.281 e. The summed E-state index contributed by atoms with van der Waals surface area (Å²) in [7, 11) is -0.277. The van der Waals surface area contributed by atoms with E-state index in [0.29, 0.717) is 36.7 Å².